The number of primary amides is 1. The van der Waals surface area contributed by atoms with Gasteiger partial charge in [-0.15, -0.1) is 0 Å². The molecule has 2 aromatic rings. The minimum absolute atomic E-state index is 0.139. The summed E-state index contributed by atoms with van der Waals surface area (Å²) in [6, 6.07) is 9.61. The zero-order valence-electron chi connectivity index (χ0n) is 13.7. The first kappa shape index (κ1) is 17.2. The van der Waals surface area contributed by atoms with Crippen LogP contribution < -0.4 is 11.1 Å². The summed E-state index contributed by atoms with van der Waals surface area (Å²) >= 11 is 0. The maximum Gasteiger partial charge on any atom is 0.348 e. The molecule has 1 aromatic heterocycles. The summed E-state index contributed by atoms with van der Waals surface area (Å²) < 4.78 is 5.10. The summed E-state index contributed by atoms with van der Waals surface area (Å²) in [6.45, 7) is 0.371. The zero-order chi connectivity index (χ0) is 18.5. The molecule has 9 nitrogen and oxygen atoms in total. The largest absolute Gasteiger partial charge is 0.463 e. The number of carbonyl (C=O) groups excluding carboxylic acids is 3. The minimum Gasteiger partial charge on any atom is -0.463 e. The molecule has 1 aliphatic rings. The van der Waals surface area contributed by atoms with Gasteiger partial charge < -0.3 is 15.5 Å². The summed E-state index contributed by atoms with van der Waals surface area (Å²) in [5, 5.41) is 7.64. The van der Waals surface area contributed by atoms with Gasteiger partial charge >= 0.3 is 12.1 Å². The van der Waals surface area contributed by atoms with Crippen molar-refractivity contribution in [2.75, 3.05) is 13.1 Å². The summed E-state index contributed by atoms with van der Waals surface area (Å²) in [4.78, 5) is 37.4. The Morgan fingerprint density at radius 2 is 1.96 bits per heavy atom. The number of rotatable bonds is 5. The van der Waals surface area contributed by atoms with Gasteiger partial charge in [0, 0.05) is 0 Å². The molecule has 5 amide bonds. The number of nitrogens with two attached hydrogens (primary N) is 1. The highest BCUT2D eigenvalue weighted by Gasteiger charge is 2.35. The standard InChI is InChI=1S/C17H17N5O4/c18-15(23)14(12-5-2-1-3-6-12)20-16(24)21-8-9-22(17(21)25)19-11-13-7-4-10-26-13/h1-7,10-11,14H,8-9H2,(H2,18,23)(H,20,24). The van der Waals surface area contributed by atoms with E-state index in [9.17, 15) is 14.4 Å². The van der Waals surface area contributed by atoms with E-state index in [0.717, 1.165) is 9.91 Å². The third kappa shape index (κ3) is 3.72. The monoisotopic (exact) mass is 355 g/mol. The number of hydrogen-bond donors (Lipinski definition) is 2. The molecule has 3 N–H and O–H groups in total. The number of nitrogens with one attached hydrogen (secondary N) is 1. The molecule has 0 radical (unpaired) electrons. The van der Waals surface area contributed by atoms with E-state index in [-0.39, 0.29) is 13.1 Å². The average molecular weight is 355 g/mol. The fourth-order valence-electron chi connectivity index (χ4n) is 2.48. The number of furan rings is 1. The van der Waals surface area contributed by atoms with Crippen molar-refractivity contribution in [3.05, 3.63) is 60.1 Å². The molecule has 134 valence electrons. The van der Waals surface area contributed by atoms with Crippen LogP contribution in [0.5, 0.6) is 0 Å². The molecule has 1 aromatic carbocycles. The third-order valence-electron chi connectivity index (χ3n) is 3.79. The SMILES string of the molecule is NC(=O)C(NC(=O)N1CCN(N=Cc2ccco2)C1=O)c1ccccc1. The van der Waals surface area contributed by atoms with Gasteiger partial charge in [0.05, 0.1) is 25.6 Å². The lowest BCUT2D eigenvalue weighted by atomic mass is 10.1. The second-order valence-corrected chi connectivity index (χ2v) is 5.51. The van der Waals surface area contributed by atoms with Crippen molar-refractivity contribution >= 4 is 24.2 Å². The molecule has 0 saturated carbocycles. The van der Waals surface area contributed by atoms with Gasteiger partial charge in [0.25, 0.3) is 0 Å². The Bertz CT molecular complexity index is 819. The number of imide groups is 1. The first-order valence-electron chi connectivity index (χ1n) is 7.87. The van der Waals surface area contributed by atoms with Gasteiger partial charge in [0.2, 0.25) is 5.91 Å². The van der Waals surface area contributed by atoms with E-state index in [2.05, 4.69) is 10.4 Å². The molecule has 0 aliphatic carbocycles. The molecule has 1 aliphatic heterocycles. The van der Waals surface area contributed by atoms with Crippen molar-refractivity contribution in [2.45, 2.75) is 6.04 Å². The Kier molecular flexibility index (Phi) is 4.97. The van der Waals surface area contributed by atoms with Gasteiger partial charge in [-0.05, 0) is 17.7 Å². The quantitative estimate of drug-likeness (QED) is 0.785. The lowest BCUT2D eigenvalue weighted by Gasteiger charge is -2.20. The predicted octanol–water partition coefficient (Wildman–Crippen LogP) is 1.29. The van der Waals surface area contributed by atoms with E-state index in [4.69, 9.17) is 10.2 Å². The van der Waals surface area contributed by atoms with Gasteiger partial charge in [-0.1, -0.05) is 30.3 Å². The number of urea groups is 2. The maximum absolute atomic E-state index is 12.4. The molecule has 26 heavy (non-hydrogen) atoms. The van der Waals surface area contributed by atoms with Crippen molar-refractivity contribution < 1.29 is 18.8 Å². The number of amides is 5. The van der Waals surface area contributed by atoms with Gasteiger partial charge in [0.15, 0.2) is 0 Å². The average Bonchev–Trinajstić information content (AvgIpc) is 3.28. The molecule has 0 spiro atoms. The number of benzene rings is 1. The van der Waals surface area contributed by atoms with Crippen LogP contribution in [0.4, 0.5) is 9.59 Å². The van der Waals surface area contributed by atoms with Gasteiger partial charge in [-0.25, -0.2) is 19.5 Å². The number of hydrazone groups is 1. The van der Waals surface area contributed by atoms with E-state index >= 15 is 0 Å². The van der Waals surface area contributed by atoms with Gasteiger partial charge in [0.1, 0.15) is 11.8 Å². The minimum atomic E-state index is -1.03. The van der Waals surface area contributed by atoms with Crippen LogP contribution in [0.2, 0.25) is 0 Å². The molecular weight excluding hydrogens is 338 g/mol. The Balaban J connectivity index is 1.66. The topological polar surface area (TPSA) is 121 Å². The number of carbonyl (C=O) groups is 3. The lowest BCUT2D eigenvalue weighted by Crippen LogP contribution is -2.46. The highest BCUT2D eigenvalue weighted by molar-refractivity contribution is 5.97. The molecule has 2 heterocycles. The van der Waals surface area contributed by atoms with Crippen LogP contribution in [0.25, 0.3) is 0 Å². The summed E-state index contributed by atoms with van der Waals surface area (Å²) in [6.07, 6.45) is 2.87. The highest BCUT2D eigenvalue weighted by Crippen LogP contribution is 2.15. The molecule has 3 rings (SSSR count). The van der Waals surface area contributed by atoms with Crippen molar-refractivity contribution in [2.24, 2.45) is 10.8 Å². The Labute approximate surface area is 149 Å². The first-order chi connectivity index (χ1) is 12.6. The molecule has 9 heteroatoms. The second kappa shape index (κ2) is 7.51. The maximum atomic E-state index is 12.4. The Hall–Kier alpha value is -3.62. The Morgan fingerprint density at radius 3 is 2.62 bits per heavy atom. The van der Waals surface area contributed by atoms with Gasteiger partial charge in [-0.3, -0.25) is 4.79 Å². The molecule has 1 atom stereocenters. The second-order valence-electron chi connectivity index (χ2n) is 5.51. The molecule has 1 saturated heterocycles. The third-order valence-corrected chi connectivity index (χ3v) is 3.79. The van der Waals surface area contributed by atoms with Crippen LogP contribution in [0.15, 0.2) is 58.2 Å². The van der Waals surface area contributed by atoms with Crippen molar-refractivity contribution in [3.8, 4) is 0 Å². The smallest absolute Gasteiger partial charge is 0.348 e. The summed E-state index contributed by atoms with van der Waals surface area (Å²) in [7, 11) is 0. The zero-order valence-corrected chi connectivity index (χ0v) is 13.7. The van der Waals surface area contributed by atoms with Crippen molar-refractivity contribution in [1.29, 1.82) is 0 Å². The van der Waals surface area contributed by atoms with Crippen LogP contribution >= 0.6 is 0 Å². The number of nitrogens with zero attached hydrogens (tertiary/aromatic N) is 3. The normalized spacial score (nSPS) is 15.5. The van der Waals surface area contributed by atoms with E-state index in [1.807, 2.05) is 0 Å². The number of hydrogen-bond acceptors (Lipinski definition) is 5. The van der Waals surface area contributed by atoms with Crippen LogP contribution in [0.3, 0.4) is 0 Å². The van der Waals surface area contributed by atoms with E-state index in [0.29, 0.717) is 11.3 Å². The predicted molar refractivity (Wildman–Crippen MR) is 92.0 cm³/mol. The lowest BCUT2D eigenvalue weighted by molar-refractivity contribution is -0.119. The van der Waals surface area contributed by atoms with Crippen molar-refractivity contribution in [3.63, 3.8) is 0 Å². The van der Waals surface area contributed by atoms with E-state index in [1.54, 1.807) is 42.5 Å². The fraction of sp³-hybridized carbons (Fsp3) is 0.176. The fourth-order valence-corrected chi connectivity index (χ4v) is 2.48. The Morgan fingerprint density at radius 1 is 1.19 bits per heavy atom. The van der Waals surface area contributed by atoms with Crippen molar-refractivity contribution in [1.82, 2.24) is 15.2 Å². The van der Waals surface area contributed by atoms with Crippen LogP contribution in [-0.4, -0.2) is 47.2 Å². The molecule has 1 fully saturated rings. The summed E-state index contributed by atoms with van der Waals surface area (Å²) in [5.74, 6) is -0.234. The highest BCUT2D eigenvalue weighted by atomic mass is 16.3. The summed E-state index contributed by atoms with van der Waals surface area (Å²) in [5.41, 5.74) is 5.91. The first-order valence-corrected chi connectivity index (χ1v) is 7.87. The van der Waals surface area contributed by atoms with Crippen LogP contribution in [-0.2, 0) is 4.79 Å². The molecule has 0 bridgehead atoms. The van der Waals surface area contributed by atoms with Gasteiger partial charge in [-0.2, -0.15) is 5.10 Å². The van der Waals surface area contributed by atoms with Crippen LogP contribution in [0, 0.1) is 0 Å². The van der Waals surface area contributed by atoms with Crippen LogP contribution in [0.1, 0.15) is 17.4 Å². The molecule has 1 unspecified atom stereocenters. The van der Waals surface area contributed by atoms with E-state index in [1.165, 1.54) is 12.5 Å². The van der Waals surface area contributed by atoms with E-state index < -0.39 is 24.0 Å². The molecular formula is C17H17N5O4.